The monoisotopic (exact) mass is 404 g/mol. The van der Waals surface area contributed by atoms with Crippen LogP contribution in [0.3, 0.4) is 0 Å². The maximum absolute atomic E-state index is 12.8. The number of ether oxygens (including phenoxy) is 1. The third-order valence-corrected chi connectivity index (χ3v) is 5.01. The molecule has 30 heavy (non-hydrogen) atoms. The van der Waals surface area contributed by atoms with E-state index in [4.69, 9.17) is 4.74 Å². The fourth-order valence-electron chi connectivity index (χ4n) is 3.38. The van der Waals surface area contributed by atoms with Crippen molar-refractivity contribution in [1.29, 1.82) is 5.26 Å². The van der Waals surface area contributed by atoms with E-state index in [1.54, 1.807) is 25.3 Å². The molecule has 154 valence electrons. The van der Waals surface area contributed by atoms with Crippen LogP contribution in [0, 0.1) is 25.2 Å². The highest BCUT2D eigenvalue weighted by Gasteiger charge is 2.16. The van der Waals surface area contributed by atoms with Crippen LogP contribution in [0.5, 0.6) is 0 Å². The highest BCUT2D eigenvalue weighted by Crippen LogP contribution is 2.25. The number of nitrogens with zero attached hydrogens (tertiary/aromatic N) is 2. The molecule has 3 rings (SSSR count). The van der Waals surface area contributed by atoms with Gasteiger partial charge in [-0.3, -0.25) is 9.59 Å². The summed E-state index contributed by atoms with van der Waals surface area (Å²) >= 11 is 0. The minimum Gasteiger partial charge on any atom is -0.383 e. The molecule has 0 unspecified atom stereocenters. The van der Waals surface area contributed by atoms with Crippen molar-refractivity contribution in [2.24, 2.45) is 0 Å². The summed E-state index contributed by atoms with van der Waals surface area (Å²) in [5.74, 6) is -0.461. The zero-order chi connectivity index (χ0) is 21.7. The van der Waals surface area contributed by atoms with E-state index < -0.39 is 0 Å². The molecule has 1 heterocycles. The molecule has 7 heteroatoms. The van der Waals surface area contributed by atoms with Crippen LogP contribution in [-0.2, 0) is 16.1 Å². The van der Waals surface area contributed by atoms with E-state index in [9.17, 15) is 14.9 Å². The standard InChI is InChI=1S/C23H24N4O3/c1-15-8-9-17(23(29)25-10-11-30-3)12-20(15)26-22(28)14-27-16(2)19(13-24)18-6-4-5-7-21(18)27/h4-9,12H,10-11,14H2,1-3H3,(H,25,29)(H,26,28). The summed E-state index contributed by atoms with van der Waals surface area (Å²) in [4.78, 5) is 25.1. The predicted octanol–water partition coefficient (Wildman–Crippen LogP) is 3.14. The molecule has 3 aromatic rings. The fourth-order valence-corrected chi connectivity index (χ4v) is 3.38. The number of carbonyl (C=O) groups is 2. The van der Waals surface area contributed by atoms with Crippen LogP contribution in [0.15, 0.2) is 42.5 Å². The van der Waals surface area contributed by atoms with E-state index >= 15 is 0 Å². The van der Waals surface area contributed by atoms with E-state index in [0.717, 1.165) is 22.2 Å². The van der Waals surface area contributed by atoms with Crippen molar-refractivity contribution in [2.45, 2.75) is 20.4 Å². The lowest BCUT2D eigenvalue weighted by atomic mass is 10.1. The first-order valence-corrected chi connectivity index (χ1v) is 9.61. The fraction of sp³-hybridized carbons (Fsp3) is 0.261. The minimum atomic E-state index is -0.233. The summed E-state index contributed by atoms with van der Waals surface area (Å²) in [5.41, 5.74) is 4.05. The summed E-state index contributed by atoms with van der Waals surface area (Å²) < 4.78 is 6.77. The summed E-state index contributed by atoms with van der Waals surface area (Å²) in [5, 5.41) is 16.0. The van der Waals surface area contributed by atoms with Gasteiger partial charge in [0.05, 0.1) is 17.7 Å². The number of carbonyl (C=O) groups excluding carboxylic acids is 2. The molecule has 2 amide bonds. The molecule has 0 saturated heterocycles. The van der Waals surface area contributed by atoms with E-state index in [1.807, 2.05) is 42.7 Å². The van der Waals surface area contributed by atoms with Crippen LogP contribution in [0.2, 0.25) is 0 Å². The Balaban J connectivity index is 1.80. The molecule has 0 fully saturated rings. The number of amides is 2. The number of nitriles is 1. The highest BCUT2D eigenvalue weighted by molar-refractivity contribution is 5.98. The lowest BCUT2D eigenvalue weighted by molar-refractivity contribution is -0.116. The van der Waals surface area contributed by atoms with Crippen LogP contribution in [0.25, 0.3) is 10.9 Å². The Morgan fingerprint density at radius 3 is 2.67 bits per heavy atom. The zero-order valence-corrected chi connectivity index (χ0v) is 17.3. The molecule has 0 aliphatic carbocycles. The molecule has 1 aromatic heterocycles. The number of anilines is 1. The van der Waals surface area contributed by atoms with Crippen molar-refractivity contribution in [1.82, 2.24) is 9.88 Å². The summed E-state index contributed by atoms with van der Waals surface area (Å²) in [6, 6.07) is 14.9. The zero-order valence-electron chi connectivity index (χ0n) is 17.3. The number of aromatic nitrogens is 1. The first-order chi connectivity index (χ1) is 14.5. The van der Waals surface area contributed by atoms with Gasteiger partial charge in [0, 0.05) is 36.0 Å². The van der Waals surface area contributed by atoms with Crippen molar-refractivity contribution in [3.63, 3.8) is 0 Å². The van der Waals surface area contributed by atoms with Crippen LogP contribution < -0.4 is 10.6 Å². The molecule has 0 bridgehead atoms. The van der Waals surface area contributed by atoms with Gasteiger partial charge in [-0.25, -0.2) is 0 Å². The van der Waals surface area contributed by atoms with Gasteiger partial charge in [-0.2, -0.15) is 5.26 Å². The average molecular weight is 404 g/mol. The van der Waals surface area contributed by atoms with Gasteiger partial charge < -0.3 is 19.9 Å². The maximum atomic E-state index is 12.8. The molecule has 7 nitrogen and oxygen atoms in total. The van der Waals surface area contributed by atoms with Gasteiger partial charge in [0.1, 0.15) is 12.6 Å². The molecular formula is C23H24N4O3. The number of nitrogens with one attached hydrogen (secondary N) is 2. The Labute approximate surface area is 175 Å². The van der Waals surface area contributed by atoms with E-state index in [1.165, 1.54) is 0 Å². The Kier molecular flexibility index (Phi) is 6.50. The number of hydrogen-bond acceptors (Lipinski definition) is 4. The quantitative estimate of drug-likeness (QED) is 0.591. The predicted molar refractivity (Wildman–Crippen MR) is 115 cm³/mol. The molecule has 0 aliphatic heterocycles. The number of methoxy groups -OCH3 is 1. The maximum Gasteiger partial charge on any atom is 0.251 e. The highest BCUT2D eigenvalue weighted by atomic mass is 16.5. The second-order valence-electron chi connectivity index (χ2n) is 7.00. The normalized spacial score (nSPS) is 10.6. The molecular weight excluding hydrogens is 380 g/mol. The lowest BCUT2D eigenvalue weighted by Crippen LogP contribution is -2.27. The van der Waals surface area contributed by atoms with Gasteiger partial charge in [-0.1, -0.05) is 24.3 Å². The molecule has 2 aromatic carbocycles. The Morgan fingerprint density at radius 2 is 1.93 bits per heavy atom. The molecule has 0 saturated carbocycles. The Hall–Kier alpha value is -3.63. The van der Waals surface area contributed by atoms with Crippen LogP contribution in [-0.4, -0.2) is 36.6 Å². The van der Waals surface area contributed by atoms with Crippen molar-refractivity contribution in [2.75, 3.05) is 25.6 Å². The van der Waals surface area contributed by atoms with E-state index in [0.29, 0.717) is 30.0 Å². The number of hydrogen-bond donors (Lipinski definition) is 2. The number of rotatable bonds is 7. The number of para-hydroxylation sites is 1. The number of fused-ring (bicyclic) bond motifs is 1. The van der Waals surface area contributed by atoms with Crippen molar-refractivity contribution in [3.8, 4) is 6.07 Å². The smallest absolute Gasteiger partial charge is 0.251 e. The van der Waals surface area contributed by atoms with E-state index in [-0.39, 0.29) is 18.4 Å². The van der Waals surface area contributed by atoms with Crippen LogP contribution in [0.4, 0.5) is 5.69 Å². The second kappa shape index (κ2) is 9.25. The number of aryl methyl sites for hydroxylation is 1. The first kappa shape index (κ1) is 21.1. The molecule has 0 aliphatic rings. The topological polar surface area (TPSA) is 96.2 Å². The van der Waals surface area contributed by atoms with Gasteiger partial charge in [-0.05, 0) is 37.6 Å². The first-order valence-electron chi connectivity index (χ1n) is 9.61. The van der Waals surface area contributed by atoms with Crippen LogP contribution >= 0.6 is 0 Å². The SMILES string of the molecule is COCCNC(=O)c1ccc(C)c(NC(=O)Cn2c(C)c(C#N)c3ccccc32)c1. The lowest BCUT2D eigenvalue weighted by Gasteiger charge is -2.13. The van der Waals surface area contributed by atoms with Crippen molar-refractivity contribution in [3.05, 3.63) is 64.8 Å². The van der Waals surface area contributed by atoms with Crippen molar-refractivity contribution >= 4 is 28.4 Å². The molecule has 0 radical (unpaired) electrons. The largest absolute Gasteiger partial charge is 0.383 e. The van der Waals surface area contributed by atoms with Gasteiger partial charge in [0.15, 0.2) is 0 Å². The summed E-state index contributed by atoms with van der Waals surface area (Å²) in [7, 11) is 1.57. The van der Waals surface area contributed by atoms with Crippen molar-refractivity contribution < 1.29 is 14.3 Å². The second-order valence-corrected chi connectivity index (χ2v) is 7.00. The molecule has 0 spiro atoms. The number of benzene rings is 2. The van der Waals surface area contributed by atoms with E-state index in [2.05, 4.69) is 16.7 Å². The van der Waals surface area contributed by atoms with Gasteiger partial charge in [0.25, 0.3) is 5.91 Å². The molecule has 0 atom stereocenters. The third-order valence-electron chi connectivity index (χ3n) is 5.01. The van der Waals surface area contributed by atoms with Gasteiger partial charge in [-0.15, -0.1) is 0 Å². The Morgan fingerprint density at radius 1 is 1.17 bits per heavy atom. The third kappa shape index (κ3) is 4.34. The summed E-state index contributed by atoms with van der Waals surface area (Å²) in [6.45, 7) is 4.61. The van der Waals surface area contributed by atoms with Gasteiger partial charge >= 0.3 is 0 Å². The average Bonchev–Trinajstić information content (AvgIpc) is 3.00. The molecule has 2 N–H and O–H groups in total. The summed E-state index contributed by atoms with van der Waals surface area (Å²) in [6.07, 6.45) is 0. The van der Waals surface area contributed by atoms with Crippen LogP contribution in [0.1, 0.15) is 27.2 Å². The van der Waals surface area contributed by atoms with Gasteiger partial charge in [0.2, 0.25) is 5.91 Å². The Bertz CT molecular complexity index is 1140. The minimum absolute atomic E-state index is 0.0672.